The number of nitrogens with two attached hydrogens (primary N) is 1. The summed E-state index contributed by atoms with van der Waals surface area (Å²) in [7, 11) is 6.40. The number of rotatable bonds is 22. The number of nitrogen functional groups attached to an aromatic ring is 1. The van der Waals surface area contributed by atoms with Crippen molar-refractivity contribution < 1.29 is 33.0 Å². The standard InChI is InChI=1S/C39H64FN7O6/c1-10-26(4)36(46(7)34(49)24-43-39(51)35(25(2)3)45(6)20-17-40)32(52-8)23-33(48)47-19-12-15-31(47)37(53-9)27(5)38(50)44-30(16-18-41)22-28-13-11-14-29(42)21-28/h11,13-14,21,25-27,30-32,35-37H,10,12,15-17,19-20,22-24,42H2,1-9H3,(H,43,51)(H,44,50). The summed E-state index contributed by atoms with van der Waals surface area (Å²) in [5, 5.41) is 15.2. The molecular weight excluding hydrogens is 681 g/mol. The number of methoxy groups -OCH3 is 2. The van der Waals surface area contributed by atoms with Gasteiger partial charge in [-0.05, 0) is 55.8 Å². The number of ether oxygens (including phenoxy) is 2. The zero-order valence-electron chi connectivity index (χ0n) is 33.3. The SMILES string of the molecule is CCC(C)C(C(CC(=O)N1CCCC1C(OC)C(C)C(=O)NC(CC#N)Cc1cccc(N)c1)OC)N(C)C(=O)CNC(=O)C(C(C)C)N(C)CCF. The fourth-order valence-corrected chi connectivity index (χ4v) is 7.62. The normalized spacial score (nSPS) is 18.4. The van der Waals surface area contributed by atoms with Crippen LogP contribution in [-0.2, 0) is 35.1 Å². The lowest BCUT2D eigenvalue weighted by molar-refractivity contribution is -0.146. The van der Waals surface area contributed by atoms with Crippen LogP contribution >= 0.6 is 0 Å². The van der Waals surface area contributed by atoms with Gasteiger partial charge in [-0.15, -0.1) is 0 Å². The maximum Gasteiger partial charge on any atom is 0.242 e. The number of anilines is 1. The Morgan fingerprint density at radius 2 is 1.81 bits per heavy atom. The van der Waals surface area contributed by atoms with Gasteiger partial charge in [0.1, 0.15) is 6.67 Å². The number of hydrogen-bond donors (Lipinski definition) is 3. The average Bonchev–Trinajstić information content (AvgIpc) is 3.60. The number of carbonyl (C=O) groups is 4. The molecule has 0 aromatic heterocycles. The maximum absolute atomic E-state index is 14.1. The minimum Gasteiger partial charge on any atom is -0.399 e. The number of nitrogens with one attached hydrogen (secondary N) is 2. The van der Waals surface area contributed by atoms with Gasteiger partial charge in [0.25, 0.3) is 0 Å². The Labute approximate surface area is 316 Å². The van der Waals surface area contributed by atoms with Crippen molar-refractivity contribution in [2.45, 2.75) is 110 Å². The summed E-state index contributed by atoms with van der Waals surface area (Å²) >= 11 is 0. The second-order valence-corrected chi connectivity index (χ2v) is 14.7. The second kappa shape index (κ2) is 22.4. The first kappa shape index (κ1) is 45.4. The van der Waals surface area contributed by atoms with E-state index in [4.69, 9.17) is 15.2 Å². The largest absolute Gasteiger partial charge is 0.399 e. The molecule has 13 nitrogen and oxygen atoms in total. The highest BCUT2D eigenvalue weighted by Crippen LogP contribution is 2.29. The molecule has 4 N–H and O–H groups in total. The summed E-state index contributed by atoms with van der Waals surface area (Å²) in [5.41, 5.74) is 7.45. The molecule has 1 aliphatic heterocycles. The van der Waals surface area contributed by atoms with Gasteiger partial charge in [-0.2, -0.15) is 5.26 Å². The molecule has 2 rings (SSSR count). The predicted octanol–water partition coefficient (Wildman–Crippen LogP) is 3.17. The monoisotopic (exact) mass is 745 g/mol. The smallest absolute Gasteiger partial charge is 0.242 e. The molecule has 8 atom stereocenters. The molecule has 1 saturated heterocycles. The van der Waals surface area contributed by atoms with Gasteiger partial charge in [0, 0.05) is 46.1 Å². The van der Waals surface area contributed by atoms with Crippen LogP contribution < -0.4 is 16.4 Å². The lowest BCUT2D eigenvalue weighted by Gasteiger charge is -2.39. The Morgan fingerprint density at radius 1 is 1.11 bits per heavy atom. The number of hydrogen-bond acceptors (Lipinski definition) is 9. The molecule has 8 unspecified atom stereocenters. The highest BCUT2D eigenvalue weighted by molar-refractivity contribution is 5.88. The minimum absolute atomic E-state index is 0.00308. The van der Waals surface area contributed by atoms with E-state index in [2.05, 4.69) is 16.7 Å². The van der Waals surface area contributed by atoms with Gasteiger partial charge < -0.3 is 35.6 Å². The van der Waals surface area contributed by atoms with E-state index in [1.165, 1.54) is 14.2 Å². The Hall–Kier alpha value is -3.80. The lowest BCUT2D eigenvalue weighted by atomic mass is 9.90. The molecule has 298 valence electrons. The molecule has 0 radical (unpaired) electrons. The third-order valence-electron chi connectivity index (χ3n) is 10.6. The van der Waals surface area contributed by atoms with E-state index in [-0.39, 0.29) is 67.4 Å². The molecule has 1 heterocycles. The van der Waals surface area contributed by atoms with Crippen molar-refractivity contribution in [2.75, 3.05) is 60.4 Å². The van der Waals surface area contributed by atoms with E-state index in [1.807, 2.05) is 45.9 Å². The quantitative estimate of drug-likeness (QED) is 0.151. The van der Waals surface area contributed by atoms with Crippen LogP contribution in [0, 0.1) is 29.1 Å². The van der Waals surface area contributed by atoms with Crippen molar-refractivity contribution >= 4 is 29.3 Å². The zero-order valence-corrected chi connectivity index (χ0v) is 33.3. The molecule has 53 heavy (non-hydrogen) atoms. The van der Waals surface area contributed by atoms with Crippen LogP contribution in [0.15, 0.2) is 24.3 Å². The van der Waals surface area contributed by atoms with E-state index in [1.54, 1.807) is 41.8 Å². The number of alkyl halides is 1. The van der Waals surface area contributed by atoms with E-state index in [9.17, 15) is 28.8 Å². The Morgan fingerprint density at radius 3 is 2.38 bits per heavy atom. The van der Waals surface area contributed by atoms with E-state index in [0.717, 1.165) is 12.0 Å². The molecule has 14 heteroatoms. The van der Waals surface area contributed by atoms with Crippen LogP contribution in [0.2, 0.25) is 0 Å². The van der Waals surface area contributed by atoms with Gasteiger partial charge in [0.2, 0.25) is 23.6 Å². The fraction of sp³-hybridized carbons (Fsp3) is 0.718. The zero-order chi connectivity index (χ0) is 39.8. The number of nitriles is 1. The van der Waals surface area contributed by atoms with Gasteiger partial charge in [-0.3, -0.25) is 24.1 Å². The summed E-state index contributed by atoms with van der Waals surface area (Å²) in [6.45, 7) is 9.27. The van der Waals surface area contributed by atoms with E-state index in [0.29, 0.717) is 31.5 Å². The predicted molar refractivity (Wildman–Crippen MR) is 203 cm³/mol. The highest BCUT2D eigenvalue weighted by atomic mass is 19.1. The lowest BCUT2D eigenvalue weighted by Crippen LogP contribution is -2.55. The number of nitrogens with zero attached hydrogens (tertiary/aromatic N) is 4. The first-order valence-corrected chi connectivity index (χ1v) is 18.8. The van der Waals surface area contributed by atoms with Gasteiger partial charge in [0.15, 0.2) is 0 Å². The van der Waals surface area contributed by atoms with Crippen molar-refractivity contribution in [3.8, 4) is 6.07 Å². The number of likely N-dealkylation sites (N-methyl/N-ethyl adjacent to an activating group) is 2. The first-order valence-electron chi connectivity index (χ1n) is 18.8. The van der Waals surface area contributed by atoms with Gasteiger partial charge in [-0.25, -0.2) is 4.39 Å². The van der Waals surface area contributed by atoms with Crippen LogP contribution in [0.1, 0.15) is 72.3 Å². The number of likely N-dealkylation sites (tertiary alicyclic amines) is 1. The molecule has 1 aliphatic rings. The third-order valence-corrected chi connectivity index (χ3v) is 10.6. The number of halogens is 1. The molecule has 1 aromatic carbocycles. The summed E-state index contributed by atoms with van der Waals surface area (Å²) in [4.78, 5) is 59.2. The summed E-state index contributed by atoms with van der Waals surface area (Å²) in [5.74, 6) is -1.90. The summed E-state index contributed by atoms with van der Waals surface area (Å²) < 4.78 is 24.8. The number of amides is 4. The van der Waals surface area contributed by atoms with Crippen molar-refractivity contribution in [2.24, 2.45) is 17.8 Å². The molecule has 1 fully saturated rings. The molecule has 1 aromatic rings. The van der Waals surface area contributed by atoms with Crippen LogP contribution in [0.4, 0.5) is 10.1 Å². The van der Waals surface area contributed by atoms with Gasteiger partial charge >= 0.3 is 0 Å². The van der Waals surface area contributed by atoms with E-state index >= 15 is 0 Å². The first-order chi connectivity index (χ1) is 25.1. The molecule has 0 saturated carbocycles. The number of benzene rings is 1. The average molecular weight is 746 g/mol. The maximum atomic E-state index is 14.1. The molecular formula is C39H64FN7O6. The van der Waals surface area contributed by atoms with Crippen molar-refractivity contribution in [1.29, 1.82) is 5.26 Å². The third kappa shape index (κ3) is 12.9. The van der Waals surface area contributed by atoms with Crippen LogP contribution in [0.25, 0.3) is 0 Å². The Kier molecular flexibility index (Phi) is 19.2. The van der Waals surface area contributed by atoms with E-state index < -0.39 is 42.9 Å². The highest BCUT2D eigenvalue weighted by Gasteiger charge is 2.42. The minimum atomic E-state index is -0.650. The molecule has 4 amide bonds. The Bertz CT molecular complexity index is 1380. The van der Waals surface area contributed by atoms with Gasteiger partial charge in [0.05, 0.1) is 61.7 Å². The van der Waals surface area contributed by atoms with Crippen LogP contribution in [-0.4, -0.2) is 129 Å². The fourth-order valence-electron chi connectivity index (χ4n) is 7.62. The van der Waals surface area contributed by atoms with Crippen LogP contribution in [0.3, 0.4) is 0 Å². The molecule has 0 bridgehead atoms. The van der Waals surface area contributed by atoms with Crippen molar-refractivity contribution in [3.05, 3.63) is 29.8 Å². The Balaban J connectivity index is 2.17. The van der Waals surface area contributed by atoms with Crippen molar-refractivity contribution in [1.82, 2.24) is 25.3 Å². The summed E-state index contributed by atoms with van der Waals surface area (Å²) in [6, 6.07) is 7.64. The molecule has 0 aliphatic carbocycles. The second-order valence-electron chi connectivity index (χ2n) is 14.7. The number of carbonyl (C=O) groups excluding carboxylic acids is 4. The van der Waals surface area contributed by atoms with Crippen LogP contribution in [0.5, 0.6) is 0 Å². The van der Waals surface area contributed by atoms with Crippen molar-refractivity contribution in [3.63, 3.8) is 0 Å². The van der Waals surface area contributed by atoms with Gasteiger partial charge in [-0.1, -0.05) is 53.2 Å². The topological polar surface area (TPSA) is 170 Å². The molecule has 0 spiro atoms. The summed E-state index contributed by atoms with van der Waals surface area (Å²) in [6.07, 6.45) is 1.40.